The van der Waals surface area contributed by atoms with Crippen LogP contribution in [0.3, 0.4) is 0 Å². The predicted molar refractivity (Wildman–Crippen MR) is 76.9 cm³/mol. The summed E-state index contributed by atoms with van der Waals surface area (Å²) in [6.45, 7) is 1.91. The smallest absolute Gasteiger partial charge is 0.547 e. The SMILES string of the molecule is Cc1ccc(C(Nc2cc(Cl)cc(Cl)c2)C(=O)[O-])s1.[Na+]. The molecule has 0 aliphatic carbocycles. The van der Waals surface area contributed by atoms with Gasteiger partial charge in [-0.25, -0.2) is 0 Å². The molecule has 0 aliphatic rings. The fraction of sp³-hybridized carbons (Fsp3) is 0.154. The molecule has 1 N–H and O–H groups in total. The third kappa shape index (κ3) is 4.65. The average Bonchev–Trinajstić information content (AvgIpc) is 2.70. The van der Waals surface area contributed by atoms with E-state index in [9.17, 15) is 9.90 Å². The van der Waals surface area contributed by atoms with E-state index in [0.29, 0.717) is 20.6 Å². The molecular formula is C13H10Cl2NNaO2S. The summed E-state index contributed by atoms with van der Waals surface area (Å²) in [7, 11) is 0. The molecule has 0 amide bonds. The maximum absolute atomic E-state index is 11.3. The third-order valence-corrected chi connectivity index (χ3v) is 3.96. The monoisotopic (exact) mass is 337 g/mol. The van der Waals surface area contributed by atoms with E-state index in [0.717, 1.165) is 4.88 Å². The quantitative estimate of drug-likeness (QED) is 0.815. The molecule has 0 saturated heterocycles. The van der Waals surface area contributed by atoms with Crippen molar-refractivity contribution in [2.24, 2.45) is 0 Å². The number of hydrogen-bond acceptors (Lipinski definition) is 4. The largest absolute Gasteiger partial charge is 1.00 e. The maximum atomic E-state index is 11.3. The minimum Gasteiger partial charge on any atom is -0.547 e. The number of carboxylic acid groups (broad SMARTS) is 1. The van der Waals surface area contributed by atoms with Crippen LogP contribution in [-0.4, -0.2) is 5.97 Å². The van der Waals surface area contributed by atoms with E-state index < -0.39 is 12.0 Å². The summed E-state index contributed by atoms with van der Waals surface area (Å²) in [4.78, 5) is 13.0. The molecule has 3 nitrogen and oxygen atoms in total. The van der Waals surface area contributed by atoms with E-state index in [4.69, 9.17) is 23.2 Å². The first-order chi connectivity index (χ1) is 8.95. The summed E-state index contributed by atoms with van der Waals surface area (Å²) in [5.41, 5.74) is 0.540. The third-order valence-electron chi connectivity index (χ3n) is 2.45. The Bertz CT molecular complexity index is 598. The number of aliphatic carboxylic acids is 1. The van der Waals surface area contributed by atoms with Gasteiger partial charge in [0.15, 0.2) is 0 Å². The number of carbonyl (C=O) groups is 1. The van der Waals surface area contributed by atoms with Gasteiger partial charge in [-0.15, -0.1) is 11.3 Å². The Balaban J connectivity index is 0.00000200. The topological polar surface area (TPSA) is 52.2 Å². The number of carboxylic acids is 1. The number of aryl methyl sites for hydroxylation is 1. The number of anilines is 1. The van der Waals surface area contributed by atoms with Gasteiger partial charge in [0.1, 0.15) is 6.04 Å². The first kappa shape index (κ1) is 17.8. The Morgan fingerprint density at radius 3 is 2.30 bits per heavy atom. The van der Waals surface area contributed by atoms with Gasteiger partial charge in [-0.1, -0.05) is 23.2 Å². The molecule has 7 heteroatoms. The van der Waals surface area contributed by atoms with Crippen LogP contribution < -0.4 is 40.0 Å². The molecule has 0 saturated carbocycles. The second-order valence-corrected chi connectivity index (χ2v) is 6.20. The first-order valence-corrected chi connectivity index (χ1v) is 7.03. The van der Waals surface area contributed by atoms with Gasteiger partial charge in [0.2, 0.25) is 0 Å². The summed E-state index contributed by atoms with van der Waals surface area (Å²) in [5, 5.41) is 15.0. The average molecular weight is 338 g/mol. The summed E-state index contributed by atoms with van der Waals surface area (Å²) < 4.78 is 0. The van der Waals surface area contributed by atoms with Crippen LogP contribution in [0.2, 0.25) is 10.0 Å². The zero-order valence-corrected chi connectivity index (χ0v) is 15.3. The molecular weight excluding hydrogens is 328 g/mol. The molecule has 1 aromatic carbocycles. The van der Waals surface area contributed by atoms with E-state index >= 15 is 0 Å². The number of halogens is 2. The molecule has 100 valence electrons. The number of hydrogen-bond donors (Lipinski definition) is 1. The molecule has 0 radical (unpaired) electrons. The van der Waals surface area contributed by atoms with Crippen LogP contribution in [-0.2, 0) is 4.79 Å². The van der Waals surface area contributed by atoms with Crippen LogP contribution in [0.4, 0.5) is 5.69 Å². The van der Waals surface area contributed by atoms with Crippen LogP contribution in [0.5, 0.6) is 0 Å². The van der Waals surface area contributed by atoms with Crippen LogP contribution in [0, 0.1) is 6.92 Å². The number of thiophene rings is 1. The van der Waals surface area contributed by atoms with Gasteiger partial charge in [-0.05, 0) is 37.3 Å². The van der Waals surface area contributed by atoms with Gasteiger partial charge in [-0.2, -0.15) is 0 Å². The molecule has 0 spiro atoms. The Hall–Kier alpha value is -0.230. The van der Waals surface area contributed by atoms with Crippen molar-refractivity contribution in [3.63, 3.8) is 0 Å². The fourth-order valence-electron chi connectivity index (χ4n) is 1.66. The van der Waals surface area contributed by atoms with Crippen LogP contribution >= 0.6 is 34.5 Å². The van der Waals surface area contributed by atoms with Crippen molar-refractivity contribution >= 4 is 46.2 Å². The van der Waals surface area contributed by atoms with Gasteiger partial charge in [0.05, 0.1) is 5.97 Å². The molecule has 0 fully saturated rings. The van der Waals surface area contributed by atoms with Crippen LogP contribution in [0.1, 0.15) is 15.8 Å². The van der Waals surface area contributed by atoms with Crippen molar-refractivity contribution in [1.29, 1.82) is 0 Å². The van der Waals surface area contributed by atoms with Gasteiger partial charge in [0, 0.05) is 25.5 Å². The molecule has 0 bridgehead atoms. The Morgan fingerprint density at radius 2 is 1.85 bits per heavy atom. The summed E-state index contributed by atoms with van der Waals surface area (Å²) in [6.07, 6.45) is 0. The standard InChI is InChI=1S/C13H11Cl2NO2S.Na/c1-7-2-3-11(19-7)12(13(17)18)16-10-5-8(14)4-9(15)6-10;/h2-6,12,16H,1H3,(H,17,18);/q;+1/p-1. The van der Waals surface area contributed by atoms with Gasteiger partial charge >= 0.3 is 29.6 Å². The second kappa shape index (κ2) is 7.69. The van der Waals surface area contributed by atoms with Gasteiger partial charge in [-0.3, -0.25) is 0 Å². The van der Waals surface area contributed by atoms with Crippen molar-refractivity contribution in [3.05, 3.63) is 50.1 Å². The Morgan fingerprint density at radius 1 is 1.25 bits per heavy atom. The molecule has 20 heavy (non-hydrogen) atoms. The van der Waals surface area contributed by atoms with E-state index in [1.165, 1.54) is 11.3 Å². The molecule has 1 heterocycles. The summed E-state index contributed by atoms with van der Waals surface area (Å²) in [6, 6.07) is 7.52. The molecule has 2 aromatic rings. The summed E-state index contributed by atoms with van der Waals surface area (Å²) >= 11 is 13.2. The molecule has 1 atom stereocenters. The minimum atomic E-state index is -1.20. The van der Waals surface area contributed by atoms with E-state index in [1.807, 2.05) is 13.0 Å². The van der Waals surface area contributed by atoms with Crippen LogP contribution in [0.25, 0.3) is 0 Å². The summed E-state index contributed by atoms with van der Waals surface area (Å²) in [5.74, 6) is -1.20. The van der Waals surface area contributed by atoms with Crippen molar-refractivity contribution in [3.8, 4) is 0 Å². The van der Waals surface area contributed by atoms with Gasteiger partial charge in [0.25, 0.3) is 0 Å². The maximum Gasteiger partial charge on any atom is 1.00 e. The van der Waals surface area contributed by atoms with E-state index in [2.05, 4.69) is 5.32 Å². The zero-order valence-electron chi connectivity index (χ0n) is 10.9. The van der Waals surface area contributed by atoms with Crippen molar-refractivity contribution in [1.82, 2.24) is 0 Å². The predicted octanol–water partition coefficient (Wildman–Crippen LogP) is 0.270. The van der Waals surface area contributed by atoms with Crippen molar-refractivity contribution in [2.75, 3.05) is 5.32 Å². The van der Waals surface area contributed by atoms with Gasteiger partial charge < -0.3 is 15.2 Å². The van der Waals surface area contributed by atoms with E-state index in [1.54, 1.807) is 24.3 Å². The van der Waals surface area contributed by atoms with Crippen molar-refractivity contribution in [2.45, 2.75) is 13.0 Å². The number of nitrogens with one attached hydrogen (secondary N) is 1. The normalized spacial score (nSPS) is 11.6. The zero-order chi connectivity index (χ0) is 14.0. The Labute approximate surface area is 153 Å². The number of rotatable bonds is 4. The molecule has 2 rings (SSSR count). The van der Waals surface area contributed by atoms with Crippen LogP contribution in [0.15, 0.2) is 30.3 Å². The molecule has 1 aromatic heterocycles. The first-order valence-electron chi connectivity index (χ1n) is 5.45. The Kier molecular flexibility index (Phi) is 6.85. The fourth-order valence-corrected chi connectivity index (χ4v) is 3.10. The molecule has 1 unspecified atom stereocenters. The van der Waals surface area contributed by atoms with E-state index in [-0.39, 0.29) is 29.6 Å². The number of benzene rings is 1. The van der Waals surface area contributed by atoms with Crippen molar-refractivity contribution < 1.29 is 39.5 Å². The minimum absolute atomic E-state index is 0. The second-order valence-electron chi connectivity index (χ2n) is 4.00. The molecule has 0 aliphatic heterocycles. The number of carbonyl (C=O) groups excluding carboxylic acids is 1.